The minimum absolute atomic E-state index is 0.0742. The molecular weight excluding hydrogens is 458 g/mol. The summed E-state index contributed by atoms with van der Waals surface area (Å²) in [4.78, 5) is 10.2. The maximum Gasteiger partial charge on any atom is 0.269 e. The van der Waals surface area contributed by atoms with Gasteiger partial charge in [-0.15, -0.1) is 0 Å². The van der Waals surface area contributed by atoms with E-state index in [1.807, 2.05) is 0 Å². The van der Waals surface area contributed by atoms with Crippen LogP contribution in [0.2, 0.25) is 0 Å². The van der Waals surface area contributed by atoms with Crippen LogP contribution in [0.4, 0.5) is 5.69 Å². The van der Waals surface area contributed by atoms with E-state index in [1.54, 1.807) is 12.1 Å². The summed E-state index contributed by atoms with van der Waals surface area (Å²) in [5.41, 5.74) is 0.0742. The maximum absolute atomic E-state index is 10.7. The lowest BCUT2D eigenvalue weighted by atomic mass is 10.1. The topological polar surface area (TPSA) is 108 Å². The first-order valence-electron chi connectivity index (χ1n) is 12.6. The molecule has 35 heavy (non-hydrogen) atoms. The summed E-state index contributed by atoms with van der Waals surface area (Å²) in [6.45, 7) is 6.62. The number of unbranched alkanes of at least 4 members (excludes halogenated alkanes) is 5. The second kappa shape index (κ2) is 20.4. The minimum atomic E-state index is -0.413. The average Bonchev–Trinajstić information content (AvgIpc) is 2.87. The van der Waals surface area contributed by atoms with E-state index in [1.165, 1.54) is 12.1 Å². The predicted molar refractivity (Wildman–Crippen MR) is 130 cm³/mol. The van der Waals surface area contributed by atoms with E-state index in [0.29, 0.717) is 85.0 Å². The molecular formula is C25H41NO9. The average molecular weight is 500 g/mol. The van der Waals surface area contributed by atoms with Crippen molar-refractivity contribution in [2.24, 2.45) is 0 Å². The van der Waals surface area contributed by atoms with E-state index in [4.69, 9.17) is 33.2 Å². The number of non-ortho nitro benzene ring substituents is 1. The zero-order chi connectivity index (χ0) is 24.8. The molecule has 1 saturated heterocycles. The van der Waals surface area contributed by atoms with Gasteiger partial charge in [0, 0.05) is 18.7 Å². The lowest BCUT2D eigenvalue weighted by Crippen LogP contribution is -2.28. The fraction of sp³-hybridized carbons (Fsp3) is 0.760. The number of nitrogens with zero attached hydrogens (tertiary/aromatic N) is 1. The molecule has 0 N–H and O–H groups in total. The summed E-state index contributed by atoms with van der Waals surface area (Å²) in [5, 5.41) is 10.7. The number of nitro groups is 1. The van der Waals surface area contributed by atoms with Crippen molar-refractivity contribution in [2.45, 2.75) is 44.6 Å². The maximum atomic E-state index is 10.7. The van der Waals surface area contributed by atoms with Crippen LogP contribution in [0.25, 0.3) is 0 Å². The monoisotopic (exact) mass is 499 g/mol. The van der Waals surface area contributed by atoms with Crippen LogP contribution < -0.4 is 4.74 Å². The molecule has 0 aliphatic carbocycles. The van der Waals surface area contributed by atoms with Crippen molar-refractivity contribution >= 4 is 5.69 Å². The fourth-order valence-electron chi connectivity index (χ4n) is 3.37. The lowest BCUT2D eigenvalue weighted by molar-refractivity contribution is -0.384. The Kier molecular flexibility index (Phi) is 17.1. The summed E-state index contributed by atoms with van der Waals surface area (Å²) in [6.07, 6.45) is 6.40. The van der Waals surface area contributed by atoms with Gasteiger partial charge < -0.3 is 33.2 Å². The third-order valence-corrected chi connectivity index (χ3v) is 5.30. The van der Waals surface area contributed by atoms with E-state index in [-0.39, 0.29) is 11.8 Å². The van der Waals surface area contributed by atoms with Crippen molar-refractivity contribution in [3.05, 3.63) is 34.4 Å². The van der Waals surface area contributed by atoms with Crippen LogP contribution in [-0.4, -0.2) is 90.3 Å². The van der Waals surface area contributed by atoms with Crippen LogP contribution in [0.1, 0.15) is 38.5 Å². The van der Waals surface area contributed by atoms with E-state index in [0.717, 1.165) is 38.5 Å². The van der Waals surface area contributed by atoms with Crippen molar-refractivity contribution in [2.75, 3.05) is 79.3 Å². The van der Waals surface area contributed by atoms with E-state index < -0.39 is 4.92 Å². The summed E-state index contributed by atoms with van der Waals surface area (Å²) in [5.74, 6) is 0.667. The Morgan fingerprint density at radius 2 is 1.29 bits per heavy atom. The molecule has 0 aromatic heterocycles. The zero-order valence-electron chi connectivity index (χ0n) is 20.7. The van der Waals surface area contributed by atoms with Crippen LogP contribution in [0, 0.1) is 10.1 Å². The quantitative estimate of drug-likeness (QED) is 0.227. The van der Waals surface area contributed by atoms with Crippen LogP contribution in [0.15, 0.2) is 24.3 Å². The SMILES string of the molecule is O=[N+]([O-])c1ccc(OCCCCCCCCOCC2COCCOCCOCCOCCO2)cc1. The second-order valence-corrected chi connectivity index (χ2v) is 8.20. The van der Waals surface area contributed by atoms with Crippen molar-refractivity contribution < 1.29 is 38.1 Å². The van der Waals surface area contributed by atoms with Gasteiger partial charge in [-0.2, -0.15) is 0 Å². The molecule has 0 saturated carbocycles. The van der Waals surface area contributed by atoms with Gasteiger partial charge in [-0.1, -0.05) is 25.7 Å². The largest absolute Gasteiger partial charge is 0.494 e. The van der Waals surface area contributed by atoms with Gasteiger partial charge in [-0.05, 0) is 25.0 Å². The van der Waals surface area contributed by atoms with Crippen molar-refractivity contribution in [1.82, 2.24) is 0 Å². The first-order valence-corrected chi connectivity index (χ1v) is 12.6. The van der Waals surface area contributed by atoms with Gasteiger partial charge in [0.2, 0.25) is 0 Å². The van der Waals surface area contributed by atoms with E-state index in [2.05, 4.69) is 0 Å². The van der Waals surface area contributed by atoms with Gasteiger partial charge in [0.25, 0.3) is 5.69 Å². The molecule has 0 spiro atoms. The standard InChI is InChI=1S/C25H41NO9/c27-26(28)23-7-9-24(10-8-23)34-12-6-4-2-1-3-5-11-32-21-25-22-33-18-17-30-14-13-29-15-16-31-19-20-35-25/h7-10,25H,1-6,11-22H2. The lowest BCUT2D eigenvalue weighted by Gasteiger charge is -2.18. The Hall–Kier alpha value is -1.82. The summed E-state index contributed by atoms with van der Waals surface area (Å²) in [6, 6.07) is 6.19. The van der Waals surface area contributed by atoms with Gasteiger partial charge in [-0.25, -0.2) is 0 Å². The van der Waals surface area contributed by atoms with Crippen molar-refractivity contribution in [1.29, 1.82) is 0 Å². The molecule has 10 nitrogen and oxygen atoms in total. The molecule has 10 heteroatoms. The Balaban J connectivity index is 1.43. The van der Waals surface area contributed by atoms with Crippen LogP contribution >= 0.6 is 0 Å². The highest BCUT2D eigenvalue weighted by atomic mass is 16.6. The highest BCUT2D eigenvalue weighted by Crippen LogP contribution is 2.17. The first kappa shape index (κ1) is 29.4. The molecule has 1 heterocycles. The molecule has 0 radical (unpaired) electrons. The van der Waals surface area contributed by atoms with Crippen molar-refractivity contribution in [3.8, 4) is 5.75 Å². The fourth-order valence-corrected chi connectivity index (χ4v) is 3.37. The van der Waals surface area contributed by atoms with Crippen LogP contribution in [0.5, 0.6) is 5.75 Å². The predicted octanol–water partition coefficient (Wildman–Crippen LogP) is 3.80. The van der Waals surface area contributed by atoms with Gasteiger partial charge in [-0.3, -0.25) is 10.1 Å². The summed E-state index contributed by atoms with van der Waals surface area (Å²) >= 11 is 0. The molecule has 2 rings (SSSR count). The number of hydrogen-bond donors (Lipinski definition) is 0. The van der Waals surface area contributed by atoms with Gasteiger partial charge in [0.1, 0.15) is 11.9 Å². The number of nitro benzene ring substituents is 1. The molecule has 1 atom stereocenters. The molecule has 1 aromatic carbocycles. The van der Waals surface area contributed by atoms with E-state index in [9.17, 15) is 10.1 Å². The molecule has 0 amide bonds. The smallest absolute Gasteiger partial charge is 0.269 e. The highest BCUT2D eigenvalue weighted by Gasteiger charge is 2.10. The minimum Gasteiger partial charge on any atom is -0.494 e. The number of ether oxygens (including phenoxy) is 7. The third kappa shape index (κ3) is 15.7. The van der Waals surface area contributed by atoms with Crippen LogP contribution in [-0.2, 0) is 28.4 Å². The number of benzene rings is 1. The molecule has 1 aromatic rings. The van der Waals surface area contributed by atoms with Crippen molar-refractivity contribution in [3.63, 3.8) is 0 Å². The third-order valence-electron chi connectivity index (χ3n) is 5.30. The zero-order valence-corrected chi connectivity index (χ0v) is 20.7. The van der Waals surface area contributed by atoms with Gasteiger partial charge >= 0.3 is 0 Å². The Labute approximate surface area is 208 Å². The number of hydrogen-bond acceptors (Lipinski definition) is 9. The molecule has 1 aliphatic heterocycles. The summed E-state index contributed by atoms with van der Waals surface area (Å²) < 4.78 is 39.3. The Bertz CT molecular complexity index is 628. The Morgan fingerprint density at radius 3 is 1.91 bits per heavy atom. The second-order valence-electron chi connectivity index (χ2n) is 8.20. The highest BCUT2D eigenvalue weighted by molar-refractivity contribution is 5.35. The van der Waals surface area contributed by atoms with Gasteiger partial charge in [0.05, 0.1) is 77.6 Å². The normalized spacial score (nSPS) is 18.9. The van der Waals surface area contributed by atoms with Gasteiger partial charge in [0.15, 0.2) is 0 Å². The van der Waals surface area contributed by atoms with E-state index >= 15 is 0 Å². The molecule has 1 fully saturated rings. The number of rotatable bonds is 13. The molecule has 1 unspecified atom stereocenters. The molecule has 200 valence electrons. The Morgan fingerprint density at radius 1 is 0.743 bits per heavy atom. The van der Waals surface area contributed by atoms with Crippen LogP contribution in [0.3, 0.4) is 0 Å². The molecule has 1 aliphatic rings. The molecule has 0 bridgehead atoms. The first-order chi connectivity index (χ1) is 17.3. The summed E-state index contributed by atoms with van der Waals surface area (Å²) in [7, 11) is 0.